The van der Waals surface area contributed by atoms with Gasteiger partial charge in [-0.1, -0.05) is 5.16 Å². The van der Waals surface area contributed by atoms with Crippen molar-refractivity contribution in [1.82, 2.24) is 5.16 Å². The Morgan fingerprint density at radius 3 is 2.67 bits per heavy atom. The highest BCUT2D eigenvalue weighted by Crippen LogP contribution is 2.38. The average molecular weight is 309 g/mol. The predicted octanol–water partition coefficient (Wildman–Crippen LogP) is 2.99. The van der Waals surface area contributed by atoms with Crippen LogP contribution in [0.15, 0.2) is 27.2 Å². The molecule has 2 rings (SSSR count). The molecule has 0 aliphatic heterocycles. The monoisotopic (exact) mass is 308 g/mol. The number of aromatic nitrogens is 1. The molecule has 0 amide bonds. The van der Waals surface area contributed by atoms with E-state index in [-0.39, 0.29) is 5.69 Å². The minimum atomic E-state index is 0.190. The van der Waals surface area contributed by atoms with Gasteiger partial charge in [0.05, 0.1) is 19.8 Å². The van der Waals surface area contributed by atoms with Crippen LogP contribution in [0.2, 0.25) is 0 Å². The van der Waals surface area contributed by atoms with Crippen molar-refractivity contribution in [2.24, 2.45) is 0 Å². The quantitative estimate of drug-likeness (QED) is 0.872. The van der Waals surface area contributed by atoms with Crippen LogP contribution in [0.25, 0.3) is 11.3 Å². The Balaban J connectivity index is 2.61. The molecule has 18 heavy (non-hydrogen) atoms. The van der Waals surface area contributed by atoms with Crippen LogP contribution in [0.3, 0.4) is 0 Å². The first-order chi connectivity index (χ1) is 8.71. The molecule has 0 radical (unpaired) electrons. The molecule has 0 unspecified atom stereocenters. The molecule has 6 heteroatoms. The summed E-state index contributed by atoms with van der Waals surface area (Å²) in [4.78, 5) is 0. The summed E-state index contributed by atoms with van der Waals surface area (Å²) in [5.74, 6) is 1.70. The van der Waals surface area contributed by atoms with Crippen LogP contribution in [0.4, 0.5) is 0 Å². The third-order valence-electron chi connectivity index (χ3n) is 2.39. The fraction of sp³-hybridized carbons (Fsp3) is 0.167. The molecule has 92 valence electrons. The predicted molar refractivity (Wildman–Crippen MR) is 67.5 cm³/mol. The summed E-state index contributed by atoms with van der Waals surface area (Å²) in [7, 11) is 3.13. The van der Waals surface area contributed by atoms with Gasteiger partial charge in [-0.3, -0.25) is 0 Å². The fourth-order valence-corrected chi connectivity index (χ4v) is 1.95. The van der Waals surface area contributed by atoms with Crippen LogP contribution in [0.5, 0.6) is 11.5 Å². The molecular formula is C12H9BrN2O3. The Bertz CT molecular complexity index is 616. The smallest absolute Gasteiger partial charge is 0.198 e. The summed E-state index contributed by atoms with van der Waals surface area (Å²) in [6.45, 7) is 0. The maximum atomic E-state index is 8.85. The lowest BCUT2D eigenvalue weighted by Gasteiger charge is -2.08. The second kappa shape index (κ2) is 5.10. The fourth-order valence-electron chi connectivity index (χ4n) is 1.51. The zero-order chi connectivity index (χ0) is 13.1. The Hall–Kier alpha value is -2.00. The van der Waals surface area contributed by atoms with E-state index in [2.05, 4.69) is 21.1 Å². The van der Waals surface area contributed by atoms with Gasteiger partial charge in [0, 0.05) is 0 Å². The molecular weight excluding hydrogens is 300 g/mol. The van der Waals surface area contributed by atoms with Crippen molar-refractivity contribution < 1.29 is 14.0 Å². The number of nitriles is 1. The van der Waals surface area contributed by atoms with E-state index >= 15 is 0 Å². The van der Waals surface area contributed by atoms with Crippen molar-refractivity contribution in [3.8, 4) is 28.9 Å². The number of hydrogen-bond donors (Lipinski definition) is 0. The van der Waals surface area contributed by atoms with Gasteiger partial charge in [-0.15, -0.1) is 0 Å². The first-order valence-corrected chi connectivity index (χ1v) is 5.78. The highest BCUT2D eigenvalue weighted by molar-refractivity contribution is 9.10. The van der Waals surface area contributed by atoms with Gasteiger partial charge < -0.3 is 14.0 Å². The van der Waals surface area contributed by atoms with Crippen molar-refractivity contribution >= 4 is 15.9 Å². The lowest BCUT2D eigenvalue weighted by molar-refractivity contribution is 0.397. The summed E-state index contributed by atoms with van der Waals surface area (Å²) in [6, 6.07) is 7.22. The lowest BCUT2D eigenvalue weighted by atomic mass is 10.1. The van der Waals surface area contributed by atoms with Gasteiger partial charge in [0.1, 0.15) is 22.0 Å². The number of ether oxygens (including phenoxy) is 2. The largest absolute Gasteiger partial charge is 0.497 e. The van der Waals surface area contributed by atoms with E-state index in [0.717, 1.165) is 0 Å². The summed E-state index contributed by atoms with van der Waals surface area (Å²) >= 11 is 3.28. The van der Waals surface area contributed by atoms with E-state index in [0.29, 0.717) is 27.3 Å². The molecule has 0 fully saturated rings. The maximum Gasteiger partial charge on any atom is 0.198 e. The number of methoxy groups -OCH3 is 2. The number of hydrogen-bond acceptors (Lipinski definition) is 5. The molecule has 0 aliphatic rings. The van der Waals surface area contributed by atoms with Crippen LogP contribution >= 0.6 is 15.9 Å². The molecule has 0 atom stereocenters. The first kappa shape index (κ1) is 12.5. The lowest BCUT2D eigenvalue weighted by Crippen LogP contribution is -1.90. The zero-order valence-electron chi connectivity index (χ0n) is 9.73. The van der Waals surface area contributed by atoms with Crippen LogP contribution < -0.4 is 9.47 Å². The minimum absolute atomic E-state index is 0.190. The average Bonchev–Trinajstić information content (AvgIpc) is 2.78. The van der Waals surface area contributed by atoms with Gasteiger partial charge in [0.2, 0.25) is 0 Å². The Morgan fingerprint density at radius 1 is 1.33 bits per heavy atom. The van der Waals surface area contributed by atoms with Crippen LogP contribution in [0.1, 0.15) is 5.69 Å². The van der Waals surface area contributed by atoms with Gasteiger partial charge in [-0.2, -0.15) is 5.26 Å². The molecule has 0 aliphatic carbocycles. The highest BCUT2D eigenvalue weighted by atomic mass is 79.9. The SMILES string of the molecule is COc1ccc(OC)c(-c2onc(C#N)c2Br)c1. The van der Waals surface area contributed by atoms with Gasteiger partial charge in [0.25, 0.3) is 0 Å². The van der Waals surface area contributed by atoms with E-state index in [1.54, 1.807) is 32.4 Å². The first-order valence-electron chi connectivity index (χ1n) is 4.99. The molecule has 1 aromatic carbocycles. The van der Waals surface area contributed by atoms with Gasteiger partial charge in [0.15, 0.2) is 11.5 Å². The summed E-state index contributed by atoms with van der Waals surface area (Å²) in [5.41, 5.74) is 0.854. The number of halogens is 1. The third-order valence-corrected chi connectivity index (χ3v) is 3.13. The summed E-state index contributed by atoms with van der Waals surface area (Å²) < 4.78 is 16.1. The number of nitrogens with zero attached hydrogens (tertiary/aromatic N) is 2. The minimum Gasteiger partial charge on any atom is -0.497 e. The van der Waals surface area contributed by atoms with E-state index in [1.807, 2.05) is 6.07 Å². The zero-order valence-corrected chi connectivity index (χ0v) is 11.3. The molecule has 0 bridgehead atoms. The number of rotatable bonds is 3. The third kappa shape index (κ3) is 2.05. The van der Waals surface area contributed by atoms with Gasteiger partial charge in [-0.25, -0.2) is 0 Å². The second-order valence-electron chi connectivity index (χ2n) is 3.35. The van der Waals surface area contributed by atoms with Crippen molar-refractivity contribution in [2.75, 3.05) is 14.2 Å². The Labute approximate surface area is 112 Å². The van der Waals surface area contributed by atoms with Crippen molar-refractivity contribution in [1.29, 1.82) is 5.26 Å². The standard InChI is InChI=1S/C12H9BrN2O3/c1-16-7-3-4-10(17-2)8(5-7)12-11(13)9(6-14)15-18-12/h3-5H,1-2H3. The van der Waals surface area contributed by atoms with E-state index < -0.39 is 0 Å². The molecule has 2 aromatic rings. The molecule has 0 N–H and O–H groups in total. The van der Waals surface area contributed by atoms with Crippen LogP contribution in [0, 0.1) is 11.3 Å². The number of benzene rings is 1. The van der Waals surface area contributed by atoms with Gasteiger partial charge in [-0.05, 0) is 34.1 Å². The molecule has 0 spiro atoms. The normalized spacial score (nSPS) is 9.89. The Kier molecular flexibility index (Phi) is 3.53. The summed E-state index contributed by atoms with van der Waals surface area (Å²) in [6.07, 6.45) is 0. The summed E-state index contributed by atoms with van der Waals surface area (Å²) in [5, 5.41) is 12.5. The van der Waals surface area contributed by atoms with Crippen molar-refractivity contribution in [3.63, 3.8) is 0 Å². The molecule has 0 saturated heterocycles. The topological polar surface area (TPSA) is 68.3 Å². The molecule has 1 heterocycles. The Morgan fingerprint density at radius 2 is 2.11 bits per heavy atom. The maximum absolute atomic E-state index is 8.85. The molecule has 1 aromatic heterocycles. The van der Waals surface area contributed by atoms with Crippen LogP contribution in [-0.4, -0.2) is 19.4 Å². The van der Waals surface area contributed by atoms with E-state index in [9.17, 15) is 0 Å². The van der Waals surface area contributed by atoms with E-state index in [1.165, 1.54) is 0 Å². The highest BCUT2D eigenvalue weighted by Gasteiger charge is 2.19. The van der Waals surface area contributed by atoms with Crippen LogP contribution in [-0.2, 0) is 0 Å². The van der Waals surface area contributed by atoms with Crippen molar-refractivity contribution in [3.05, 3.63) is 28.4 Å². The van der Waals surface area contributed by atoms with E-state index in [4.69, 9.17) is 19.3 Å². The van der Waals surface area contributed by atoms with Crippen molar-refractivity contribution in [2.45, 2.75) is 0 Å². The molecule has 5 nitrogen and oxygen atoms in total. The van der Waals surface area contributed by atoms with Gasteiger partial charge >= 0.3 is 0 Å². The molecule has 0 saturated carbocycles. The second-order valence-corrected chi connectivity index (χ2v) is 4.15.